The maximum atomic E-state index is 13.3. The highest BCUT2D eigenvalue weighted by atomic mass is 32.2. The summed E-state index contributed by atoms with van der Waals surface area (Å²) >= 11 is 0. The first-order valence-electron chi connectivity index (χ1n) is 11.3. The fourth-order valence-electron chi connectivity index (χ4n) is 4.36. The minimum atomic E-state index is -3.81. The summed E-state index contributed by atoms with van der Waals surface area (Å²) in [6.45, 7) is 0.560. The molecule has 8 nitrogen and oxygen atoms in total. The molecule has 3 aromatic rings. The maximum absolute atomic E-state index is 13.3. The summed E-state index contributed by atoms with van der Waals surface area (Å²) in [5.41, 5.74) is 3.15. The van der Waals surface area contributed by atoms with Crippen molar-refractivity contribution in [2.24, 2.45) is 0 Å². The van der Waals surface area contributed by atoms with Gasteiger partial charge in [0.15, 0.2) is 0 Å². The number of likely N-dealkylation sites (tertiary alicyclic amines) is 1. The van der Waals surface area contributed by atoms with Gasteiger partial charge in [0.1, 0.15) is 0 Å². The topological polar surface area (TPSA) is 104 Å². The predicted molar refractivity (Wildman–Crippen MR) is 130 cm³/mol. The van der Waals surface area contributed by atoms with Crippen LogP contribution in [-0.4, -0.2) is 37.6 Å². The number of fused-ring (bicyclic) bond motifs is 1. The van der Waals surface area contributed by atoms with Crippen LogP contribution >= 0.6 is 0 Å². The van der Waals surface area contributed by atoms with Crippen molar-refractivity contribution >= 4 is 39.1 Å². The highest BCUT2D eigenvalue weighted by Gasteiger charge is 2.31. The third-order valence-corrected chi connectivity index (χ3v) is 8.05. The fourth-order valence-corrected chi connectivity index (χ4v) is 5.91. The van der Waals surface area contributed by atoms with Crippen molar-refractivity contribution in [1.29, 1.82) is 0 Å². The van der Waals surface area contributed by atoms with Crippen LogP contribution in [0.5, 0.6) is 0 Å². The molecule has 3 aromatic carbocycles. The molecule has 0 radical (unpaired) electrons. The van der Waals surface area contributed by atoms with E-state index in [9.17, 15) is 22.8 Å². The molecular weight excluding hydrogens is 466 g/mol. The normalized spacial score (nSPS) is 15.4. The summed E-state index contributed by atoms with van der Waals surface area (Å²) in [6.07, 6.45) is 1.13. The van der Waals surface area contributed by atoms with E-state index in [1.807, 2.05) is 18.2 Å². The van der Waals surface area contributed by atoms with Crippen LogP contribution in [0.3, 0.4) is 0 Å². The van der Waals surface area contributed by atoms with Gasteiger partial charge in [0.2, 0.25) is 11.8 Å². The summed E-state index contributed by atoms with van der Waals surface area (Å²) in [5, 5.41) is 2.77. The molecule has 0 aromatic heterocycles. The number of benzene rings is 3. The summed E-state index contributed by atoms with van der Waals surface area (Å²) < 4.78 is 28.0. The monoisotopic (exact) mass is 489 g/mol. The second-order valence-electron chi connectivity index (χ2n) is 8.51. The zero-order valence-electron chi connectivity index (χ0n) is 18.8. The lowest BCUT2D eigenvalue weighted by molar-refractivity contribution is -0.139. The Balaban J connectivity index is 1.30. The number of hydrogen-bond acceptors (Lipinski definition) is 5. The lowest BCUT2D eigenvalue weighted by atomic mass is 10.1. The number of imide groups is 1. The largest absolute Gasteiger partial charge is 0.322 e. The van der Waals surface area contributed by atoms with E-state index in [0.29, 0.717) is 24.3 Å². The predicted octanol–water partition coefficient (Wildman–Crippen LogP) is 3.34. The van der Waals surface area contributed by atoms with Gasteiger partial charge in [-0.05, 0) is 53.9 Å². The number of rotatable bonds is 6. The van der Waals surface area contributed by atoms with E-state index in [1.165, 1.54) is 21.3 Å². The molecule has 0 saturated carbocycles. The Hall–Kier alpha value is -3.98. The molecule has 1 saturated heterocycles. The molecule has 35 heavy (non-hydrogen) atoms. The minimum Gasteiger partial charge on any atom is -0.322 e. The van der Waals surface area contributed by atoms with Crippen molar-refractivity contribution in [3.8, 4) is 0 Å². The molecule has 1 N–H and O–H groups in total. The van der Waals surface area contributed by atoms with Gasteiger partial charge in [-0.2, -0.15) is 0 Å². The minimum absolute atomic E-state index is 0.0529. The number of nitrogens with zero attached hydrogens (tertiary/aromatic N) is 2. The van der Waals surface area contributed by atoms with Crippen molar-refractivity contribution in [3.05, 3.63) is 89.5 Å². The molecule has 0 bridgehead atoms. The van der Waals surface area contributed by atoms with Crippen LogP contribution in [0.1, 0.15) is 34.3 Å². The SMILES string of the molecule is O=C(Nc1ccc(CN2C(=O)CCC2=O)cc1)c1cccc(S(=O)(=O)N2CCc3ccccc32)c1. The maximum Gasteiger partial charge on any atom is 0.264 e. The van der Waals surface area contributed by atoms with Gasteiger partial charge in [-0.3, -0.25) is 23.6 Å². The summed E-state index contributed by atoms with van der Waals surface area (Å²) in [6, 6.07) is 20.2. The van der Waals surface area contributed by atoms with Crippen LogP contribution in [0.2, 0.25) is 0 Å². The van der Waals surface area contributed by atoms with Crippen LogP contribution in [0.25, 0.3) is 0 Å². The average Bonchev–Trinajstić information content (AvgIpc) is 3.44. The summed E-state index contributed by atoms with van der Waals surface area (Å²) in [7, 11) is -3.81. The molecule has 2 aliphatic heterocycles. The molecule has 9 heteroatoms. The van der Waals surface area contributed by atoms with Crippen LogP contribution < -0.4 is 9.62 Å². The van der Waals surface area contributed by atoms with Gasteiger partial charge in [-0.25, -0.2) is 8.42 Å². The van der Waals surface area contributed by atoms with Gasteiger partial charge >= 0.3 is 0 Å². The van der Waals surface area contributed by atoms with E-state index in [1.54, 1.807) is 42.5 Å². The number of nitrogens with one attached hydrogen (secondary N) is 1. The first-order valence-corrected chi connectivity index (χ1v) is 12.7. The van der Waals surface area contributed by atoms with Gasteiger partial charge < -0.3 is 5.32 Å². The van der Waals surface area contributed by atoms with Crippen molar-refractivity contribution in [3.63, 3.8) is 0 Å². The third-order valence-electron chi connectivity index (χ3n) is 6.24. The lowest BCUT2D eigenvalue weighted by Crippen LogP contribution is -2.29. The zero-order valence-corrected chi connectivity index (χ0v) is 19.6. The first kappa shape index (κ1) is 22.8. The second-order valence-corrected chi connectivity index (χ2v) is 10.4. The van der Waals surface area contributed by atoms with Gasteiger partial charge in [-0.15, -0.1) is 0 Å². The third kappa shape index (κ3) is 4.42. The Kier molecular flexibility index (Phi) is 5.86. The van der Waals surface area contributed by atoms with Crippen LogP contribution in [0.4, 0.5) is 11.4 Å². The van der Waals surface area contributed by atoms with E-state index >= 15 is 0 Å². The van der Waals surface area contributed by atoms with E-state index in [2.05, 4.69) is 5.32 Å². The van der Waals surface area contributed by atoms with Crippen LogP contribution in [-0.2, 0) is 32.6 Å². The molecule has 0 unspecified atom stereocenters. The molecule has 0 atom stereocenters. The number of anilines is 2. The molecule has 5 rings (SSSR count). The Morgan fingerprint density at radius 1 is 0.857 bits per heavy atom. The van der Waals surface area contributed by atoms with E-state index in [0.717, 1.165) is 11.1 Å². The molecule has 1 fully saturated rings. The van der Waals surface area contributed by atoms with Gasteiger partial charge in [0, 0.05) is 30.6 Å². The van der Waals surface area contributed by atoms with Crippen molar-refractivity contribution in [2.75, 3.05) is 16.2 Å². The zero-order chi connectivity index (χ0) is 24.6. The molecule has 2 aliphatic rings. The van der Waals surface area contributed by atoms with Gasteiger partial charge in [0.25, 0.3) is 15.9 Å². The number of carbonyl (C=O) groups is 3. The van der Waals surface area contributed by atoms with Crippen molar-refractivity contribution in [2.45, 2.75) is 30.7 Å². The van der Waals surface area contributed by atoms with Crippen molar-refractivity contribution in [1.82, 2.24) is 4.90 Å². The Morgan fingerprint density at radius 2 is 1.57 bits per heavy atom. The van der Waals surface area contributed by atoms with E-state index < -0.39 is 15.9 Å². The Labute approximate surface area is 203 Å². The smallest absolute Gasteiger partial charge is 0.264 e. The number of carbonyl (C=O) groups excluding carboxylic acids is 3. The van der Waals surface area contributed by atoms with Crippen molar-refractivity contribution < 1.29 is 22.8 Å². The summed E-state index contributed by atoms with van der Waals surface area (Å²) in [5.74, 6) is -0.805. The molecule has 2 heterocycles. The quantitative estimate of drug-likeness (QED) is 0.535. The van der Waals surface area contributed by atoms with Gasteiger partial charge in [-0.1, -0.05) is 36.4 Å². The number of amides is 3. The standard InChI is InChI=1S/C26H23N3O5S/c30-24-12-13-25(31)28(24)17-18-8-10-21(11-9-18)27-26(32)20-5-3-6-22(16-20)35(33,34)29-15-14-19-4-1-2-7-23(19)29/h1-11,16H,12-15,17H2,(H,27,32). The molecule has 0 spiro atoms. The summed E-state index contributed by atoms with van der Waals surface area (Å²) in [4.78, 5) is 37.7. The highest BCUT2D eigenvalue weighted by Crippen LogP contribution is 2.32. The van der Waals surface area contributed by atoms with Gasteiger partial charge in [0.05, 0.1) is 17.1 Å². The van der Waals surface area contributed by atoms with E-state index in [4.69, 9.17) is 0 Å². The Bertz CT molecular complexity index is 1420. The molecular formula is C26H23N3O5S. The fraction of sp³-hybridized carbons (Fsp3) is 0.192. The first-order chi connectivity index (χ1) is 16.8. The molecule has 0 aliphatic carbocycles. The van der Waals surface area contributed by atoms with Crippen LogP contribution in [0.15, 0.2) is 77.7 Å². The number of sulfonamides is 1. The average molecular weight is 490 g/mol. The number of para-hydroxylation sites is 1. The van der Waals surface area contributed by atoms with E-state index in [-0.39, 0.29) is 41.7 Å². The second kappa shape index (κ2) is 8.99. The highest BCUT2D eigenvalue weighted by molar-refractivity contribution is 7.92. The van der Waals surface area contributed by atoms with Crippen LogP contribution in [0, 0.1) is 0 Å². The Morgan fingerprint density at radius 3 is 2.31 bits per heavy atom. The molecule has 3 amide bonds. The number of hydrogen-bond donors (Lipinski definition) is 1. The lowest BCUT2D eigenvalue weighted by Gasteiger charge is -2.20. The molecule has 178 valence electrons.